The Morgan fingerprint density at radius 3 is 2.55 bits per heavy atom. The van der Waals surface area contributed by atoms with Gasteiger partial charge in [-0.1, -0.05) is 52.3 Å². The van der Waals surface area contributed by atoms with Crippen molar-refractivity contribution in [1.29, 1.82) is 0 Å². The number of carbonyl (C=O) groups excluding carboxylic acids is 1. The van der Waals surface area contributed by atoms with Crippen molar-refractivity contribution in [2.45, 2.75) is 13.8 Å². The number of ether oxygens (including phenoxy) is 1. The first-order valence-electron chi connectivity index (χ1n) is 7.08. The quantitative estimate of drug-likeness (QED) is 0.616. The third-order valence-electron chi connectivity index (χ3n) is 3.18. The number of benzene rings is 2. The Morgan fingerprint density at radius 1 is 1.18 bits per heavy atom. The lowest BCUT2D eigenvalue weighted by atomic mass is 10.1. The first-order valence-corrected chi connectivity index (χ1v) is 7.87. The van der Waals surface area contributed by atoms with E-state index in [0.29, 0.717) is 12.2 Å². The van der Waals surface area contributed by atoms with E-state index in [1.807, 2.05) is 55.5 Å². The van der Waals surface area contributed by atoms with Crippen molar-refractivity contribution in [2.24, 2.45) is 0 Å². The van der Waals surface area contributed by atoms with Crippen LogP contribution in [0.4, 0.5) is 5.69 Å². The second-order valence-corrected chi connectivity index (χ2v) is 5.57. The zero-order chi connectivity index (χ0) is 15.9. The molecule has 2 aromatic rings. The van der Waals surface area contributed by atoms with Gasteiger partial charge in [0.2, 0.25) is 0 Å². The van der Waals surface area contributed by atoms with Gasteiger partial charge in [-0.15, -0.1) is 0 Å². The zero-order valence-electron chi connectivity index (χ0n) is 12.6. The number of halogens is 1. The number of anilines is 1. The minimum absolute atomic E-state index is 0.338. The first-order chi connectivity index (χ1) is 10.6. The molecule has 0 aliphatic rings. The third-order valence-corrected chi connectivity index (χ3v) is 3.87. The fourth-order valence-corrected chi connectivity index (χ4v) is 2.52. The highest BCUT2D eigenvalue weighted by Gasteiger charge is 2.15. The van der Waals surface area contributed by atoms with E-state index in [1.165, 1.54) is 0 Å². The van der Waals surface area contributed by atoms with Gasteiger partial charge in [-0.25, -0.2) is 4.79 Å². The summed E-state index contributed by atoms with van der Waals surface area (Å²) in [5, 5.41) is 3.19. The second-order valence-electron chi connectivity index (χ2n) is 4.72. The molecule has 1 N–H and O–H groups in total. The maximum absolute atomic E-state index is 12.3. The van der Waals surface area contributed by atoms with E-state index >= 15 is 0 Å². The SMILES string of the molecule is CCOC(=O)/C(=C/Nc1ccccc1C)c1ccccc1Br. The van der Waals surface area contributed by atoms with Crippen LogP contribution in [0.2, 0.25) is 0 Å². The standard InChI is InChI=1S/C18H18BrNO2/c1-3-22-18(21)15(14-9-5-6-10-16(14)19)12-20-17-11-7-4-8-13(17)2/h4-12,20H,3H2,1-2H3/b15-12+. The number of esters is 1. The van der Waals surface area contributed by atoms with Crippen molar-refractivity contribution < 1.29 is 9.53 Å². The van der Waals surface area contributed by atoms with Crippen LogP contribution >= 0.6 is 15.9 Å². The molecule has 0 heterocycles. The Labute approximate surface area is 139 Å². The molecule has 0 unspecified atom stereocenters. The molecule has 4 heteroatoms. The highest BCUT2D eigenvalue weighted by molar-refractivity contribution is 9.10. The van der Waals surface area contributed by atoms with E-state index in [2.05, 4.69) is 21.2 Å². The highest BCUT2D eigenvalue weighted by atomic mass is 79.9. The zero-order valence-corrected chi connectivity index (χ0v) is 14.2. The molecular weight excluding hydrogens is 342 g/mol. The van der Waals surface area contributed by atoms with Crippen LogP contribution in [0, 0.1) is 6.92 Å². The molecule has 2 rings (SSSR count). The number of carbonyl (C=O) groups is 1. The molecule has 0 spiro atoms. The van der Waals surface area contributed by atoms with Gasteiger partial charge in [0.05, 0.1) is 12.2 Å². The molecule has 0 fully saturated rings. The molecule has 0 amide bonds. The molecule has 0 bridgehead atoms. The van der Waals surface area contributed by atoms with Crippen molar-refractivity contribution in [1.82, 2.24) is 0 Å². The topological polar surface area (TPSA) is 38.3 Å². The van der Waals surface area contributed by atoms with E-state index in [9.17, 15) is 4.79 Å². The fraction of sp³-hybridized carbons (Fsp3) is 0.167. The van der Waals surface area contributed by atoms with Crippen LogP contribution in [0.1, 0.15) is 18.1 Å². The van der Waals surface area contributed by atoms with Gasteiger partial charge in [-0.3, -0.25) is 0 Å². The number of aryl methyl sites for hydroxylation is 1. The van der Waals surface area contributed by atoms with E-state index < -0.39 is 0 Å². The van der Waals surface area contributed by atoms with Gasteiger partial charge >= 0.3 is 5.97 Å². The molecule has 0 aliphatic carbocycles. The maximum atomic E-state index is 12.3. The number of rotatable bonds is 5. The van der Waals surface area contributed by atoms with Gasteiger partial charge in [0.15, 0.2) is 0 Å². The largest absolute Gasteiger partial charge is 0.462 e. The van der Waals surface area contributed by atoms with Gasteiger partial charge in [-0.2, -0.15) is 0 Å². The first kappa shape index (κ1) is 16.3. The average Bonchev–Trinajstić information content (AvgIpc) is 2.51. The van der Waals surface area contributed by atoms with Gasteiger partial charge in [0.1, 0.15) is 0 Å². The van der Waals surface area contributed by atoms with Crippen LogP contribution in [0.15, 0.2) is 59.2 Å². The van der Waals surface area contributed by atoms with Crippen molar-refractivity contribution in [2.75, 3.05) is 11.9 Å². The van der Waals surface area contributed by atoms with Gasteiger partial charge in [0.25, 0.3) is 0 Å². The summed E-state index contributed by atoms with van der Waals surface area (Å²) in [6, 6.07) is 15.5. The molecule has 0 saturated carbocycles. The summed E-state index contributed by atoms with van der Waals surface area (Å²) in [4.78, 5) is 12.3. The fourth-order valence-electron chi connectivity index (χ4n) is 2.02. The molecule has 2 aromatic carbocycles. The van der Waals surface area contributed by atoms with E-state index in [1.54, 1.807) is 13.1 Å². The molecule has 0 atom stereocenters. The summed E-state index contributed by atoms with van der Waals surface area (Å²) in [6.45, 7) is 4.15. The third kappa shape index (κ3) is 3.98. The molecule has 22 heavy (non-hydrogen) atoms. The number of nitrogens with one attached hydrogen (secondary N) is 1. The van der Waals surface area contributed by atoms with Crippen LogP contribution in [0.25, 0.3) is 5.57 Å². The Kier molecular flexibility index (Phi) is 5.78. The number of hydrogen-bond acceptors (Lipinski definition) is 3. The van der Waals surface area contributed by atoms with E-state index in [4.69, 9.17) is 4.74 Å². The van der Waals surface area contributed by atoms with Gasteiger partial charge < -0.3 is 10.1 Å². The summed E-state index contributed by atoms with van der Waals surface area (Å²) in [5.74, 6) is -0.351. The molecule has 0 radical (unpaired) electrons. The minimum Gasteiger partial charge on any atom is -0.462 e. The lowest BCUT2D eigenvalue weighted by molar-refractivity contribution is -0.136. The lowest BCUT2D eigenvalue weighted by Crippen LogP contribution is -2.09. The predicted molar refractivity (Wildman–Crippen MR) is 93.6 cm³/mol. The maximum Gasteiger partial charge on any atom is 0.340 e. The minimum atomic E-state index is -0.351. The van der Waals surface area contributed by atoms with Crippen molar-refractivity contribution in [3.05, 3.63) is 70.3 Å². The molecule has 0 aliphatic heterocycles. The van der Waals surface area contributed by atoms with Crippen LogP contribution in [0.3, 0.4) is 0 Å². The van der Waals surface area contributed by atoms with Crippen molar-refractivity contribution >= 4 is 33.2 Å². The number of para-hydroxylation sites is 1. The van der Waals surface area contributed by atoms with Gasteiger partial charge in [0, 0.05) is 21.9 Å². The normalized spacial score (nSPS) is 11.1. The Bertz CT molecular complexity index is 695. The summed E-state index contributed by atoms with van der Waals surface area (Å²) < 4.78 is 6.01. The molecule has 3 nitrogen and oxygen atoms in total. The predicted octanol–water partition coefficient (Wildman–Crippen LogP) is 4.77. The second kappa shape index (κ2) is 7.80. The molecular formula is C18H18BrNO2. The molecule has 0 aromatic heterocycles. The van der Waals surface area contributed by atoms with Crippen molar-refractivity contribution in [3.8, 4) is 0 Å². The molecule has 114 valence electrons. The summed E-state index contributed by atoms with van der Waals surface area (Å²) in [6.07, 6.45) is 1.69. The monoisotopic (exact) mass is 359 g/mol. The summed E-state index contributed by atoms with van der Waals surface area (Å²) >= 11 is 3.48. The van der Waals surface area contributed by atoms with Crippen LogP contribution in [-0.2, 0) is 9.53 Å². The Hall–Kier alpha value is -2.07. The van der Waals surface area contributed by atoms with Crippen molar-refractivity contribution in [3.63, 3.8) is 0 Å². The highest BCUT2D eigenvalue weighted by Crippen LogP contribution is 2.25. The smallest absolute Gasteiger partial charge is 0.340 e. The average molecular weight is 360 g/mol. The summed E-state index contributed by atoms with van der Waals surface area (Å²) in [7, 11) is 0. The van der Waals surface area contributed by atoms with E-state index in [0.717, 1.165) is 21.3 Å². The van der Waals surface area contributed by atoms with Crippen LogP contribution < -0.4 is 5.32 Å². The molecule has 0 saturated heterocycles. The lowest BCUT2D eigenvalue weighted by Gasteiger charge is -2.11. The summed E-state index contributed by atoms with van der Waals surface area (Å²) in [5.41, 5.74) is 3.34. The Balaban J connectivity index is 2.37. The van der Waals surface area contributed by atoms with Crippen LogP contribution in [-0.4, -0.2) is 12.6 Å². The van der Waals surface area contributed by atoms with Crippen LogP contribution in [0.5, 0.6) is 0 Å². The van der Waals surface area contributed by atoms with Gasteiger partial charge in [-0.05, 0) is 31.5 Å². The number of hydrogen-bond donors (Lipinski definition) is 1. The Morgan fingerprint density at radius 2 is 1.86 bits per heavy atom. The van der Waals surface area contributed by atoms with E-state index in [-0.39, 0.29) is 5.97 Å².